The van der Waals surface area contributed by atoms with E-state index in [0.717, 1.165) is 4.31 Å². The van der Waals surface area contributed by atoms with Crippen molar-refractivity contribution in [3.8, 4) is 11.5 Å². The van der Waals surface area contributed by atoms with Crippen molar-refractivity contribution in [3.63, 3.8) is 0 Å². The Kier molecular flexibility index (Phi) is 4.34. The fourth-order valence-electron chi connectivity index (χ4n) is 2.56. The molecule has 0 aliphatic carbocycles. The zero-order chi connectivity index (χ0) is 18.2. The number of halogens is 2. The summed E-state index contributed by atoms with van der Waals surface area (Å²) in [4.78, 5) is 12.3. The SMILES string of the molecule is COc1cc(CN2C(=O)c3ccccc3S2(=O)=O)ccc1OC(F)F. The van der Waals surface area contributed by atoms with Crippen LogP contribution in [0.15, 0.2) is 47.4 Å². The quantitative estimate of drug-likeness (QED) is 0.810. The summed E-state index contributed by atoms with van der Waals surface area (Å²) in [6.45, 7) is -3.27. The molecule has 25 heavy (non-hydrogen) atoms. The molecule has 1 aliphatic rings. The van der Waals surface area contributed by atoms with E-state index in [1.165, 1.54) is 43.5 Å². The molecule has 0 N–H and O–H groups in total. The van der Waals surface area contributed by atoms with Crippen LogP contribution in [0.3, 0.4) is 0 Å². The molecule has 0 saturated heterocycles. The molecule has 0 saturated carbocycles. The summed E-state index contributed by atoms with van der Waals surface area (Å²) in [5.74, 6) is -0.804. The van der Waals surface area contributed by atoms with Crippen LogP contribution < -0.4 is 9.47 Å². The molecule has 9 heteroatoms. The summed E-state index contributed by atoms with van der Waals surface area (Å²) in [5.41, 5.74) is 0.496. The molecule has 2 aromatic rings. The lowest BCUT2D eigenvalue weighted by atomic mass is 10.1. The van der Waals surface area contributed by atoms with Crippen LogP contribution in [0, 0.1) is 0 Å². The fraction of sp³-hybridized carbons (Fsp3) is 0.188. The fourth-order valence-corrected chi connectivity index (χ4v) is 4.11. The van der Waals surface area contributed by atoms with E-state index in [2.05, 4.69) is 4.74 Å². The number of amides is 1. The molecule has 0 spiro atoms. The highest BCUT2D eigenvalue weighted by atomic mass is 32.2. The molecule has 1 heterocycles. The second kappa shape index (κ2) is 6.32. The minimum absolute atomic E-state index is 0.0133. The van der Waals surface area contributed by atoms with Crippen LogP contribution in [0.5, 0.6) is 11.5 Å². The molecule has 0 unspecified atom stereocenters. The third-order valence-electron chi connectivity index (χ3n) is 3.68. The van der Waals surface area contributed by atoms with Gasteiger partial charge in [0.2, 0.25) is 0 Å². The van der Waals surface area contributed by atoms with Crippen LogP contribution in [0.25, 0.3) is 0 Å². The normalized spacial score (nSPS) is 15.4. The summed E-state index contributed by atoms with van der Waals surface area (Å²) in [6.07, 6.45) is 0. The predicted molar refractivity (Wildman–Crippen MR) is 83.1 cm³/mol. The maximum absolute atomic E-state index is 12.5. The number of fused-ring (bicyclic) bond motifs is 1. The van der Waals surface area contributed by atoms with E-state index in [1.807, 2.05) is 0 Å². The molecule has 0 aromatic heterocycles. The summed E-state index contributed by atoms with van der Waals surface area (Å²) >= 11 is 0. The highest BCUT2D eigenvalue weighted by Gasteiger charge is 2.40. The average Bonchev–Trinajstić information content (AvgIpc) is 2.77. The lowest BCUT2D eigenvalue weighted by Gasteiger charge is -2.17. The Hall–Kier alpha value is -2.68. The van der Waals surface area contributed by atoms with Crippen LogP contribution in [0.2, 0.25) is 0 Å². The number of carbonyl (C=O) groups excluding carboxylic acids is 1. The van der Waals surface area contributed by atoms with Gasteiger partial charge >= 0.3 is 6.61 Å². The maximum Gasteiger partial charge on any atom is 0.387 e. The topological polar surface area (TPSA) is 72.9 Å². The van der Waals surface area contributed by atoms with E-state index in [0.29, 0.717) is 5.56 Å². The molecule has 3 rings (SSSR count). The van der Waals surface area contributed by atoms with Crippen LogP contribution in [-0.2, 0) is 16.6 Å². The van der Waals surface area contributed by atoms with Gasteiger partial charge in [-0.3, -0.25) is 4.79 Å². The van der Waals surface area contributed by atoms with Gasteiger partial charge < -0.3 is 9.47 Å². The minimum atomic E-state index is -3.95. The monoisotopic (exact) mass is 369 g/mol. The first-order chi connectivity index (χ1) is 11.8. The summed E-state index contributed by atoms with van der Waals surface area (Å²) in [5, 5.41) is 0. The number of benzene rings is 2. The minimum Gasteiger partial charge on any atom is -0.493 e. The maximum atomic E-state index is 12.5. The largest absolute Gasteiger partial charge is 0.493 e. The number of rotatable bonds is 5. The smallest absolute Gasteiger partial charge is 0.387 e. The molecule has 2 aromatic carbocycles. The van der Waals surface area contributed by atoms with Gasteiger partial charge in [-0.2, -0.15) is 8.78 Å². The zero-order valence-corrected chi connectivity index (χ0v) is 13.8. The van der Waals surface area contributed by atoms with Crippen LogP contribution in [-0.4, -0.2) is 32.4 Å². The van der Waals surface area contributed by atoms with Crippen LogP contribution in [0.4, 0.5) is 8.78 Å². The van der Waals surface area contributed by atoms with E-state index in [4.69, 9.17) is 4.74 Å². The van der Waals surface area contributed by atoms with Gasteiger partial charge in [0.15, 0.2) is 11.5 Å². The number of nitrogens with zero attached hydrogens (tertiary/aromatic N) is 1. The van der Waals surface area contributed by atoms with Gasteiger partial charge in [-0.25, -0.2) is 12.7 Å². The lowest BCUT2D eigenvalue weighted by molar-refractivity contribution is -0.0512. The number of hydrogen-bond acceptors (Lipinski definition) is 5. The first kappa shape index (κ1) is 17.2. The molecule has 0 fully saturated rings. The third kappa shape index (κ3) is 3.02. The number of hydrogen-bond donors (Lipinski definition) is 0. The second-order valence-electron chi connectivity index (χ2n) is 5.18. The van der Waals surface area contributed by atoms with Gasteiger partial charge in [0.1, 0.15) is 4.90 Å². The Bertz CT molecular complexity index is 930. The van der Waals surface area contributed by atoms with Gasteiger partial charge in [-0.15, -0.1) is 0 Å². The first-order valence-corrected chi connectivity index (χ1v) is 8.56. The molecule has 1 aliphatic heterocycles. The lowest BCUT2D eigenvalue weighted by Crippen LogP contribution is -2.29. The van der Waals surface area contributed by atoms with Gasteiger partial charge in [-0.1, -0.05) is 18.2 Å². The van der Waals surface area contributed by atoms with E-state index >= 15 is 0 Å². The molecular weight excluding hydrogens is 356 g/mol. The van der Waals surface area contributed by atoms with Crippen molar-refractivity contribution >= 4 is 15.9 Å². The Balaban J connectivity index is 1.92. The van der Waals surface area contributed by atoms with Crippen molar-refractivity contribution in [1.29, 1.82) is 0 Å². The summed E-state index contributed by atoms with van der Waals surface area (Å²) in [7, 11) is -2.68. The number of carbonyl (C=O) groups is 1. The molecule has 0 radical (unpaired) electrons. The van der Waals surface area contributed by atoms with Crippen molar-refractivity contribution in [2.24, 2.45) is 0 Å². The predicted octanol–water partition coefficient (Wildman–Crippen LogP) is 2.64. The number of alkyl halides is 2. The molecular formula is C16H13F2NO5S. The van der Waals surface area contributed by atoms with Crippen LogP contribution >= 0.6 is 0 Å². The van der Waals surface area contributed by atoms with Gasteiger partial charge in [0.05, 0.1) is 19.2 Å². The van der Waals surface area contributed by atoms with Crippen molar-refractivity contribution in [2.75, 3.05) is 7.11 Å². The van der Waals surface area contributed by atoms with Gasteiger partial charge in [0.25, 0.3) is 15.9 Å². The van der Waals surface area contributed by atoms with Gasteiger partial charge in [0, 0.05) is 0 Å². The first-order valence-electron chi connectivity index (χ1n) is 7.12. The van der Waals surface area contributed by atoms with Crippen molar-refractivity contribution in [1.82, 2.24) is 4.31 Å². The average molecular weight is 369 g/mol. The Morgan fingerprint density at radius 3 is 2.48 bits per heavy atom. The summed E-state index contributed by atoms with van der Waals surface area (Å²) in [6, 6.07) is 9.90. The zero-order valence-electron chi connectivity index (χ0n) is 13.0. The Labute approximate surface area is 142 Å². The second-order valence-corrected chi connectivity index (χ2v) is 7.01. The molecule has 132 valence electrons. The number of ether oxygens (including phenoxy) is 2. The molecule has 0 bridgehead atoms. The van der Waals surface area contributed by atoms with Crippen molar-refractivity contribution in [3.05, 3.63) is 53.6 Å². The molecule has 0 atom stereocenters. The van der Waals surface area contributed by atoms with Gasteiger partial charge in [-0.05, 0) is 29.8 Å². The molecule has 1 amide bonds. The van der Waals surface area contributed by atoms with E-state index < -0.39 is 22.5 Å². The highest BCUT2D eigenvalue weighted by Crippen LogP contribution is 2.34. The van der Waals surface area contributed by atoms with E-state index in [-0.39, 0.29) is 28.5 Å². The Morgan fingerprint density at radius 1 is 1.12 bits per heavy atom. The number of sulfonamides is 1. The van der Waals surface area contributed by atoms with E-state index in [1.54, 1.807) is 6.07 Å². The van der Waals surface area contributed by atoms with Crippen LogP contribution in [0.1, 0.15) is 15.9 Å². The third-order valence-corrected chi connectivity index (χ3v) is 5.47. The van der Waals surface area contributed by atoms with E-state index in [9.17, 15) is 22.0 Å². The van der Waals surface area contributed by atoms with Crippen molar-refractivity contribution < 1.29 is 31.5 Å². The van der Waals surface area contributed by atoms with Crippen molar-refractivity contribution in [2.45, 2.75) is 18.1 Å². The highest BCUT2D eigenvalue weighted by molar-refractivity contribution is 7.90. The summed E-state index contributed by atoms with van der Waals surface area (Å²) < 4.78 is 59.8. The Morgan fingerprint density at radius 2 is 1.84 bits per heavy atom. The standard InChI is InChI=1S/C16H13F2NO5S/c1-23-13-8-10(6-7-12(13)24-16(17)18)9-19-15(20)11-4-2-3-5-14(11)25(19,21)22/h2-8,16H,9H2,1H3. The number of methoxy groups -OCH3 is 1. The molecule has 6 nitrogen and oxygen atoms in total.